The average molecular weight is 323 g/mol. The number of nitrogens with two attached hydrogens (primary N) is 1. The lowest BCUT2D eigenvalue weighted by atomic mass is 9.82. The molecule has 0 atom stereocenters. The number of hydrogen-bond acceptors (Lipinski definition) is 4. The van der Waals surface area contributed by atoms with Crippen molar-refractivity contribution < 1.29 is 17.9 Å². The molecule has 1 aromatic rings. The molecule has 20 heavy (non-hydrogen) atoms. The zero-order chi connectivity index (χ0) is 15.1. The van der Waals surface area contributed by atoms with Gasteiger partial charge in [-0.3, -0.25) is 0 Å². The summed E-state index contributed by atoms with van der Waals surface area (Å²) in [6, 6.07) is 2.22. The van der Waals surface area contributed by atoms with Crippen LogP contribution in [0.4, 0.5) is 10.1 Å². The Morgan fingerprint density at radius 1 is 1.50 bits per heavy atom. The molecule has 2 rings (SSSR count). The van der Waals surface area contributed by atoms with Gasteiger partial charge in [0.05, 0.1) is 11.8 Å². The molecular weight excluding hydrogens is 307 g/mol. The Morgan fingerprint density at radius 3 is 2.65 bits per heavy atom. The molecule has 112 valence electrons. The number of anilines is 1. The molecule has 0 bridgehead atoms. The summed E-state index contributed by atoms with van der Waals surface area (Å²) < 4.78 is 39.6. The lowest BCUT2D eigenvalue weighted by molar-refractivity contribution is 0.0367. The van der Waals surface area contributed by atoms with Crippen LogP contribution in [0.2, 0.25) is 5.02 Å². The summed E-state index contributed by atoms with van der Waals surface area (Å²) in [5.41, 5.74) is 5.10. The number of rotatable bonds is 4. The van der Waals surface area contributed by atoms with E-state index in [4.69, 9.17) is 17.3 Å². The van der Waals surface area contributed by atoms with Crippen LogP contribution < -0.4 is 5.73 Å². The maximum absolute atomic E-state index is 13.9. The third-order valence-electron chi connectivity index (χ3n) is 3.45. The molecule has 0 amide bonds. The van der Waals surface area contributed by atoms with Gasteiger partial charge in [-0.2, -0.15) is 0 Å². The number of nitrogens with zero attached hydrogens (tertiary/aromatic N) is 1. The van der Waals surface area contributed by atoms with Gasteiger partial charge < -0.3 is 10.8 Å². The van der Waals surface area contributed by atoms with Crippen molar-refractivity contribution in [3.63, 3.8) is 0 Å². The van der Waals surface area contributed by atoms with Crippen LogP contribution >= 0.6 is 11.6 Å². The number of sulfonamides is 1. The van der Waals surface area contributed by atoms with E-state index in [-0.39, 0.29) is 29.3 Å². The molecule has 0 radical (unpaired) electrons. The predicted molar refractivity (Wildman–Crippen MR) is 74.4 cm³/mol. The summed E-state index contributed by atoms with van der Waals surface area (Å²) in [7, 11) is -2.62. The molecule has 8 heteroatoms. The van der Waals surface area contributed by atoms with Gasteiger partial charge in [0.1, 0.15) is 4.90 Å². The fraction of sp³-hybridized carbons (Fsp3) is 0.500. The lowest BCUT2D eigenvalue weighted by Crippen LogP contribution is -2.39. The van der Waals surface area contributed by atoms with Gasteiger partial charge in [0.2, 0.25) is 10.0 Å². The van der Waals surface area contributed by atoms with Crippen molar-refractivity contribution in [2.24, 2.45) is 5.92 Å². The van der Waals surface area contributed by atoms with Crippen LogP contribution in [-0.2, 0) is 10.0 Å². The van der Waals surface area contributed by atoms with Crippen molar-refractivity contribution in [1.29, 1.82) is 0 Å². The number of aliphatic hydroxyl groups excluding tert-OH is 1. The highest BCUT2D eigenvalue weighted by Gasteiger charge is 2.33. The van der Waals surface area contributed by atoms with E-state index in [1.165, 1.54) is 7.05 Å². The van der Waals surface area contributed by atoms with Gasteiger partial charge in [-0.15, -0.1) is 0 Å². The molecule has 0 saturated heterocycles. The predicted octanol–water partition coefficient (Wildman–Crippen LogP) is 1.45. The monoisotopic (exact) mass is 322 g/mol. The van der Waals surface area contributed by atoms with Crippen LogP contribution in [0.3, 0.4) is 0 Å². The smallest absolute Gasteiger partial charge is 0.245 e. The first-order valence-corrected chi connectivity index (χ1v) is 7.92. The minimum absolute atomic E-state index is 0.0648. The van der Waals surface area contributed by atoms with Gasteiger partial charge in [0.15, 0.2) is 5.82 Å². The Balaban J connectivity index is 2.25. The molecule has 3 N–H and O–H groups in total. The molecule has 0 heterocycles. The lowest BCUT2D eigenvalue weighted by Gasteiger charge is -2.34. The van der Waals surface area contributed by atoms with E-state index in [0.717, 1.165) is 16.4 Å². The maximum Gasteiger partial charge on any atom is 0.245 e. The fourth-order valence-corrected chi connectivity index (χ4v) is 3.91. The second-order valence-electron chi connectivity index (χ2n) is 5.08. The van der Waals surface area contributed by atoms with E-state index in [1.807, 2.05) is 0 Å². The normalized spacial score (nSPS) is 22.9. The largest absolute Gasteiger partial charge is 0.396 e. The Hall–Kier alpha value is -0.890. The molecule has 0 aromatic heterocycles. The molecule has 1 aromatic carbocycles. The van der Waals surface area contributed by atoms with Gasteiger partial charge in [-0.1, -0.05) is 11.6 Å². The Kier molecular flexibility index (Phi) is 4.24. The Morgan fingerprint density at radius 2 is 2.10 bits per heavy atom. The SMILES string of the molecule is CN(CC1CC(O)C1)S(=O)(=O)c1cc(Cl)cc(N)c1F. The van der Waals surface area contributed by atoms with Crippen LogP contribution in [0.15, 0.2) is 17.0 Å². The first-order valence-electron chi connectivity index (χ1n) is 6.10. The second kappa shape index (κ2) is 5.48. The van der Waals surface area contributed by atoms with Crippen molar-refractivity contribution >= 4 is 27.3 Å². The van der Waals surface area contributed by atoms with Crippen LogP contribution in [0.25, 0.3) is 0 Å². The first kappa shape index (κ1) is 15.5. The Bertz CT molecular complexity index is 617. The molecule has 1 aliphatic rings. The van der Waals surface area contributed by atoms with Crippen LogP contribution in [-0.4, -0.2) is 37.5 Å². The quantitative estimate of drug-likeness (QED) is 0.822. The average Bonchev–Trinajstić information content (AvgIpc) is 2.31. The number of benzene rings is 1. The van der Waals surface area contributed by atoms with Gasteiger partial charge in [-0.25, -0.2) is 17.1 Å². The molecule has 0 aliphatic heterocycles. The second-order valence-corrected chi connectivity index (χ2v) is 7.53. The highest BCUT2D eigenvalue weighted by Crippen LogP contribution is 2.31. The summed E-state index contributed by atoms with van der Waals surface area (Å²) in [6.45, 7) is 0.227. The third-order valence-corrected chi connectivity index (χ3v) is 5.49. The summed E-state index contributed by atoms with van der Waals surface area (Å²) in [4.78, 5) is -0.523. The molecule has 1 fully saturated rings. The first-order chi connectivity index (χ1) is 9.21. The van der Waals surface area contributed by atoms with Crippen molar-refractivity contribution in [3.05, 3.63) is 23.0 Å². The number of aliphatic hydroxyl groups is 1. The van der Waals surface area contributed by atoms with Crippen LogP contribution in [0, 0.1) is 11.7 Å². The minimum Gasteiger partial charge on any atom is -0.396 e. The van der Waals surface area contributed by atoms with Gasteiger partial charge >= 0.3 is 0 Å². The molecule has 0 spiro atoms. The topological polar surface area (TPSA) is 83.6 Å². The minimum atomic E-state index is -3.99. The van der Waals surface area contributed by atoms with Crippen molar-refractivity contribution in [3.8, 4) is 0 Å². The molecule has 1 saturated carbocycles. The van der Waals surface area contributed by atoms with Gasteiger partial charge in [-0.05, 0) is 30.9 Å². The summed E-state index contributed by atoms with van der Waals surface area (Å²) in [5, 5.41) is 9.27. The molecule has 5 nitrogen and oxygen atoms in total. The standard InChI is InChI=1S/C12H16ClFN2O3S/c1-16(6-7-2-9(17)3-7)20(18,19)11-5-8(13)4-10(15)12(11)14/h4-5,7,9,17H,2-3,6,15H2,1H3. The van der Waals surface area contributed by atoms with Crippen molar-refractivity contribution in [1.82, 2.24) is 4.31 Å². The van der Waals surface area contributed by atoms with Crippen LogP contribution in [0.5, 0.6) is 0 Å². The van der Waals surface area contributed by atoms with E-state index in [2.05, 4.69) is 0 Å². The maximum atomic E-state index is 13.9. The van der Waals surface area contributed by atoms with E-state index in [0.29, 0.717) is 12.8 Å². The molecular formula is C12H16ClFN2O3S. The fourth-order valence-electron chi connectivity index (χ4n) is 2.25. The molecule has 1 aliphatic carbocycles. The molecule has 0 unspecified atom stereocenters. The zero-order valence-electron chi connectivity index (χ0n) is 10.9. The van der Waals surface area contributed by atoms with E-state index >= 15 is 0 Å². The van der Waals surface area contributed by atoms with Gasteiger partial charge in [0, 0.05) is 18.6 Å². The summed E-state index contributed by atoms with van der Waals surface area (Å²) >= 11 is 5.73. The Labute approximate surface area is 122 Å². The summed E-state index contributed by atoms with van der Waals surface area (Å²) in [5.74, 6) is -0.903. The highest BCUT2D eigenvalue weighted by molar-refractivity contribution is 7.89. The van der Waals surface area contributed by atoms with E-state index < -0.39 is 20.7 Å². The van der Waals surface area contributed by atoms with Crippen LogP contribution in [0.1, 0.15) is 12.8 Å². The zero-order valence-corrected chi connectivity index (χ0v) is 12.5. The number of hydrogen-bond donors (Lipinski definition) is 2. The van der Waals surface area contributed by atoms with Gasteiger partial charge in [0.25, 0.3) is 0 Å². The number of nitrogen functional groups attached to an aromatic ring is 1. The third kappa shape index (κ3) is 2.90. The summed E-state index contributed by atoms with van der Waals surface area (Å²) in [6.07, 6.45) is 0.745. The van der Waals surface area contributed by atoms with E-state index in [9.17, 15) is 17.9 Å². The van der Waals surface area contributed by atoms with Crippen molar-refractivity contribution in [2.45, 2.75) is 23.8 Å². The highest BCUT2D eigenvalue weighted by atomic mass is 35.5. The number of halogens is 2. The van der Waals surface area contributed by atoms with E-state index in [1.54, 1.807) is 0 Å². The van der Waals surface area contributed by atoms with Crippen molar-refractivity contribution in [2.75, 3.05) is 19.3 Å².